The second kappa shape index (κ2) is 6.04. The number of halogens is 4. The molecule has 1 atom stereocenters. The van der Waals surface area contributed by atoms with Gasteiger partial charge in [-0.1, -0.05) is 0 Å². The lowest BCUT2D eigenvalue weighted by molar-refractivity contribution is -0.0494. The van der Waals surface area contributed by atoms with E-state index in [0.717, 1.165) is 24.6 Å². The van der Waals surface area contributed by atoms with Gasteiger partial charge in [0.2, 0.25) is 0 Å². The second-order valence-electron chi connectivity index (χ2n) is 5.73. The largest absolute Gasteiger partial charge is 0.431 e. The summed E-state index contributed by atoms with van der Waals surface area (Å²) in [6.07, 6.45) is 1.50. The Bertz CT molecular complexity index is 969. The molecule has 26 heavy (non-hydrogen) atoms. The molecule has 2 heterocycles. The van der Waals surface area contributed by atoms with Crippen molar-refractivity contribution in [1.29, 1.82) is 0 Å². The normalized spacial score (nSPS) is 18.8. The molecule has 1 fully saturated rings. The van der Waals surface area contributed by atoms with E-state index in [4.69, 9.17) is 5.73 Å². The molecule has 3 rings (SSSR count). The highest BCUT2D eigenvalue weighted by atomic mass is 32.2. The van der Waals surface area contributed by atoms with Crippen LogP contribution >= 0.6 is 0 Å². The van der Waals surface area contributed by atoms with Crippen LogP contribution in [0.3, 0.4) is 0 Å². The molecule has 1 unspecified atom stereocenters. The molecule has 12 heteroatoms. The molecule has 1 aliphatic rings. The quantitative estimate of drug-likeness (QED) is 0.614. The number of hydrogen-bond donors (Lipinski definition) is 1. The number of rotatable bonds is 5. The van der Waals surface area contributed by atoms with Gasteiger partial charge < -0.3 is 10.5 Å². The van der Waals surface area contributed by atoms with E-state index in [1.54, 1.807) is 0 Å². The molecule has 0 amide bonds. The summed E-state index contributed by atoms with van der Waals surface area (Å²) in [5, 5.41) is -0.464. The summed E-state index contributed by atoms with van der Waals surface area (Å²) < 4.78 is 79.4. The summed E-state index contributed by atoms with van der Waals surface area (Å²) in [5.74, 6) is -5.44. The van der Waals surface area contributed by atoms with E-state index in [0.29, 0.717) is 0 Å². The molecular formula is C14H12F4N4O3S. The molecule has 1 aliphatic carbocycles. The van der Waals surface area contributed by atoms with Crippen LogP contribution in [0, 0.1) is 0 Å². The van der Waals surface area contributed by atoms with Gasteiger partial charge in [-0.2, -0.15) is 8.78 Å². The molecule has 2 aromatic heterocycles. The summed E-state index contributed by atoms with van der Waals surface area (Å²) >= 11 is 0. The van der Waals surface area contributed by atoms with Crippen LogP contribution < -0.4 is 10.5 Å². The van der Waals surface area contributed by atoms with Crippen LogP contribution in [0.15, 0.2) is 23.4 Å². The first-order chi connectivity index (χ1) is 12.0. The molecule has 140 valence electrons. The van der Waals surface area contributed by atoms with Crippen molar-refractivity contribution in [2.24, 2.45) is 0 Å². The minimum atomic E-state index is -3.83. The molecule has 0 spiro atoms. The third-order valence-corrected chi connectivity index (χ3v) is 4.60. The van der Waals surface area contributed by atoms with Gasteiger partial charge in [-0.25, -0.2) is 32.2 Å². The minimum Gasteiger partial charge on any atom is -0.431 e. The van der Waals surface area contributed by atoms with Crippen LogP contribution in [-0.2, 0) is 9.84 Å². The number of aromatic nitrogens is 3. The van der Waals surface area contributed by atoms with E-state index in [-0.39, 0.29) is 22.9 Å². The first-order valence-electron chi connectivity index (χ1n) is 7.15. The van der Waals surface area contributed by atoms with Crippen molar-refractivity contribution in [3.05, 3.63) is 24.2 Å². The van der Waals surface area contributed by atoms with Crippen LogP contribution in [0.1, 0.15) is 18.2 Å². The highest BCUT2D eigenvalue weighted by Gasteiger charge is 2.59. The highest BCUT2D eigenvalue weighted by Crippen LogP contribution is 2.54. The van der Waals surface area contributed by atoms with E-state index >= 15 is 0 Å². The summed E-state index contributed by atoms with van der Waals surface area (Å²) in [4.78, 5) is 11.3. The van der Waals surface area contributed by atoms with Gasteiger partial charge in [-0.3, -0.25) is 0 Å². The summed E-state index contributed by atoms with van der Waals surface area (Å²) in [5.41, 5.74) is 5.42. The summed E-state index contributed by atoms with van der Waals surface area (Å²) in [7, 11) is -3.83. The van der Waals surface area contributed by atoms with Gasteiger partial charge >= 0.3 is 6.61 Å². The maximum atomic E-state index is 13.3. The molecule has 0 saturated heterocycles. The number of sulfone groups is 1. The van der Waals surface area contributed by atoms with E-state index in [2.05, 4.69) is 19.7 Å². The SMILES string of the molecule is CS(=O)(=O)c1cc(-c2cnc(N)c(OC(F)F)c2)nc(C2CC2(F)F)n1. The van der Waals surface area contributed by atoms with Crippen molar-refractivity contribution in [1.82, 2.24) is 15.0 Å². The first kappa shape index (κ1) is 18.3. The van der Waals surface area contributed by atoms with Gasteiger partial charge in [0.05, 0.1) is 11.6 Å². The maximum Gasteiger partial charge on any atom is 0.387 e. The van der Waals surface area contributed by atoms with Crippen LogP contribution in [0.25, 0.3) is 11.3 Å². The lowest BCUT2D eigenvalue weighted by Gasteiger charge is -2.10. The Balaban J connectivity index is 2.11. The molecule has 0 bridgehead atoms. The lowest BCUT2D eigenvalue weighted by atomic mass is 10.2. The van der Waals surface area contributed by atoms with E-state index in [9.17, 15) is 26.0 Å². The van der Waals surface area contributed by atoms with Crippen molar-refractivity contribution in [2.75, 3.05) is 12.0 Å². The molecule has 2 N–H and O–H groups in total. The van der Waals surface area contributed by atoms with Gasteiger partial charge in [0.25, 0.3) is 5.92 Å². The van der Waals surface area contributed by atoms with E-state index < -0.39 is 45.5 Å². The number of nitrogens with zero attached hydrogens (tertiary/aromatic N) is 3. The molecular weight excluding hydrogens is 380 g/mol. The number of hydrogen-bond acceptors (Lipinski definition) is 7. The fraction of sp³-hybridized carbons (Fsp3) is 0.357. The van der Waals surface area contributed by atoms with Crippen molar-refractivity contribution in [3.8, 4) is 17.0 Å². The number of nitrogen functional groups attached to an aromatic ring is 1. The van der Waals surface area contributed by atoms with Gasteiger partial charge in [0, 0.05) is 30.5 Å². The zero-order valence-corrected chi connectivity index (χ0v) is 14.0. The van der Waals surface area contributed by atoms with Gasteiger partial charge in [-0.15, -0.1) is 0 Å². The van der Waals surface area contributed by atoms with Crippen LogP contribution in [0.2, 0.25) is 0 Å². The zero-order chi connectivity index (χ0) is 19.3. The Morgan fingerprint density at radius 1 is 1.31 bits per heavy atom. The topological polar surface area (TPSA) is 108 Å². The number of anilines is 1. The number of ether oxygens (including phenoxy) is 1. The van der Waals surface area contributed by atoms with Crippen LogP contribution in [0.5, 0.6) is 5.75 Å². The second-order valence-corrected chi connectivity index (χ2v) is 7.69. The molecule has 0 aromatic carbocycles. The molecule has 1 saturated carbocycles. The molecule has 0 radical (unpaired) electrons. The standard InChI is InChI=1S/C14H12F4N4O3S/c1-26(23,24)10-3-8(21-12(22-10)7-4-14(7,17)18)6-2-9(25-13(15)16)11(19)20-5-6/h2-3,5,7,13H,4H2,1H3,(H2,19,20). The monoisotopic (exact) mass is 392 g/mol. The number of nitrogens with two attached hydrogens (primary N) is 1. The number of alkyl halides is 4. The Hall–Kier alpha value is -2.50. The van der Waals surface area contributed by atoms with Crippen molar-refractivity contribution in [2.45, 2.75) is 29.9 Å². The Morgan fingerprint density at radius 2 is 1.96 bits per heavy atom. The molecule has 2 aromatic rings. The fourth-order valence-corrected chi connectivity index (χ4v) is 2.80. The van der Waals surface area contributed by atoms with Crippen molar-refractivity contribution < 1.29 is 30.7 Å². The predicted octanol–water partition coefficient (Wildman–Crippen LogP) is 2.25. The Morgan fingerprint density at radius 3 is 2.50 bits per heavy atom. The first-order valence-corrected chi connectivity index (χ1v) is 9.04. The van der Waals surface area contributed by atoms with Gasteiger partial charge in [-0.05, 0) is 6.07 Å². The fourth-order valence-electron chi connectivity index (χ4n) is 2.22. The third-order valence-electron chi connectivity index (χ3n) is 3.63. The zero-order valence-electron chi connectivity index (χ0n) is 13.2. The van der Waals surface area contributed by atoms with Crippen molar-refractivity contribution in [3.63, 3.8) is 0 Å². The summed E-state index contributed by atoms with van der Waals surface area (Å²) in [6, 6.07) is 2.11. The van der Waals surface area contributed by atoms with Gasteiger partial charge in [0.1, 0.15) is 5.82 Å². The van der Waals surface area contributed by atoms with Crippen molar-refractivity contribution >= 4 is 15.7 Å². The van der Waals surface area contributed by atoms with Crippen LogP contribution in [0.4, 0.5) is 23.4 Å². The lowest BCUT2D eigenvalue weighted by Crippen LogP contribution is -2.09. The smallest absolute Gasteiger partial charge is 0.387 e. The number of pyridine rings is 1. The minimum absolute atomic E-state index is 0.0624. The summed E-state index contributed by atoms with van der Waals surface area (Å²) in [6.45, 7) is -3.16. The average Bonchev–Trinajstić information content (AvgIpc) is 3.16. The maximum absolute atomic E-state index is 13.3. The van der Waals surface area contributed by atoms with Crippen LogP contribution in [-0.4, -0.2) is 42.2 Å². The molecule has 0 aliphatic heterocycles. The molecule has 7 nitrogen and oxygen atoms in total. The van der Waals surface area contributed by atoms with E-state index in [1.807, 2.05) is 0 Å². The Kier molecular flexibility index (Phi) is 4.25. The average molecular weight is 392 g/mol. The highest BCUT2D eigenvalue weighted by molar-refractivity contribution is 7.90. The van der Waals surface area contributed by atoms with Gasteiger partial charge in [0.15, 0.2) is 26.4 Å². The predicted molar refractivity (Wildman–Crippen MR) is 81.7 cm³/mol. The Labute approximate surface area is 145 Å². The third kappa shape index (κ3) is 3.69. The van der Waals surface area contributed by atoms with E-state index in [1.165, 1.54) is 0 Å².